The second kappa shape index (κ2) is 8.35. The summed E-state index contributed by atoms with van der Waals surface area (Å²) in [4.78, 5) is 16.4. The van der Waals surface area contributed by atoms with Crippen molar-refractivity contribution >= 4 is 11.7 Å². The van der Waals surface area contributed by atoms with Crippen LogP contribution < -0.4 is 10.2 Å². The van der Waals surface area contributed by atoms with Crippen molar-refractivity contribution in [2.24, 2.45) is 5.92 Å². The van der Waals surface area contributed by atoms with Gasteiger partial charge >= 0.3 is 6.03 Å². The van der Waals surface area contributed by atoms with Crippen LogP contribution in [0.1, 0.15) is 18.4 Å². The highest BCUT2D eigenvalue weighted by Gasteiger charge is 2.21. The van der Waals surface area contributed by atoms with E-state index in [-0.39, 0.29) is 12.6 Å². The summed E-state index contributed by atoms with van der Waals surface area (Å²) in [5.74, 6) is 0.349. The van der Waals surface area contributed by atoms with E-state index in [1.165, 1.54) is 5.69 Å². The molecular weight excluding hydrogens is 306 g/mol. The van der Waals surface area contributed by atoms with Crippen LogP contribution in [-0.2, 0) is 11.3 Å². The number of benzene rings is 1. The molecule has 132 valence electrons. The van der Waals surface area contributed by atoms with Crippen LogP contribution in [0, 0.1) is 5.92 Å². The predicted octanol–water partition coefficient (Wildman–Crippen LogP) is 1.44. The second-order valence-electron chi connectivity index (χ2n) is 6.54. The van der Waals surface area contributed by atoms with Crippen LogP contribution in [0.25, 0.3) is 0 Å². The molecule has 0 unspecified atom stereocenters. The van der Waals surface area contributed by atoms with Crippen LogP contribution in [0.3, 0.4) is 0 Å². The molecule has 6 heteroatoms. The van der Waals surface area contributed by atoms with Gasteiger partial charge in [-0.2, -0.15) is 0 Å². The molecule has 0 bridgehead atoms. The number of likely N-dealkylation sites (tertiary alicyclic amines) is 1. The number of piperidine rings is 1. The van der Waals surface area contributed by atoms with E-state index in [1.807, 2.05) is 4.90 Å². The van der Waals surface area contributed by atoms with Gasteiger partial charge in [0.05, 0.1) is 13.2 Å². The Morgan fingerprint density at radius 3 is 2.42 bits per heavy atom. The van der Waals surface area contributed by atoms with E-state index >= 15 is 0 Å². The molecule has 1 aromatic rings. The zero-order valence-electron chi connectivity index (χ0n) is 14.1. The van der Waals surface area contributed by atoms with Gasteiger partial charge in [0.1, 0.15) is 0 Å². The van der Waals surface area contributed by atoms with Gasteiger partial charge in [0.15, 0.2) is 0 Å². The summed E-state index contributed by atoms with van der Waals surface area (Å²) in [7, 11) is 0. The fourth-order valence-electron chi connectivity index (χ4n) is 3.25. The molecule has 1 aromatic carbocycles. The summed E-state index contributed by atoms with van der Waals surface area (Å²) in [6, 6.07) is 8.36. The van der Waals surface area contributed by atoms with Crippen LogP contribution >= 0.6 is 0 Å². The second-order valence-corrected chi connectivity index (χ2v) is 6.54. The summed E-state index contributed by atoms with van der Waals surface area (Å²) in [5.41, 5.74) is 2.31. The average Bonchev–Trinajstić information content (AvgIpc) is 2.67. The molecule has 2 aliphatic rings. The monoisotopic (exact) mass is 333 g/mol. The average molecular weight is 333 g/mol. The van der Waals surface area contributed by atoms with Crippen molar-refractivity contribution in [1.29, 1.82) is 0 Å². The van der Waals surface area contributed by atoms with E-state index < -0.39 is 0 Å². The Kier molecular flexibility index (Phi) is 5.93. The largest absolute Gasteiger partial charge is 0.396 e. The van der Waals surface area contributed by atoms with Gasteiger partial charge in [-0.15, -0.1) is 0 Å². The Bertz CT molecular complexity index is 521. The van der Waals surface area contributed by atoms with Crippen LogP contribution in [0.2, 0.25) is 0 Å². The fourth-order valence-corrected chi connectivity index (χ4v) is 3.25. The maximum absolute atomic E-state index is 12.2. The fraction of sp³-hybridized carbons (Fsp3) is 0.611. The summed E-state index contributed by atoms with van der Waals surface area (Å²) in [6.45, 7) is 5.66. The van der Waals surface area contributed by atoms with E-state index in [9.17, 15) is 4.79 Å². The Labute approximate surface area is 143 Å². The maximum atomic E-state index is 12.2. The first-order chi connectivity index (χ1) is 11.8. The number of nitrogens with one attached hydrogen (secondary N) is 1. The molecule has 0 saturated carbocycles. The Hall–Kier alpha value is -1.79. The third kappa shape index (κ3) is 4.39. The number of rotatable bonds is 4. The zero-order valence-corrected chi connectivity index (χ0v) is 14.1. The van der Waals surface area contributed by atoms with Crippen molar-refractivity contribution in [2.75, 3.05) is 50.9 Å². The summed E-state index contributed by atoms with van der Waals surface area (Å²) in [6.07, 6.45) is 1.77. The number of nitrogens with zero attached hydrogens (tertiary/aromatic N) is 2. The molecule has 2 N–H and O–H groups in total. The first-order valence-electron chi connectivity index (χ1n) is 8.81. The molecule has 0 aliphatic carbocycles. The quantitative estimate of drug-likeness (QED) is 0.875. The molecule has 0 atom stereocenters. The van der Waals surface area contributed by atoms with Gasteiger partial charge in [-0.1, -0.05) is 12.1 Å². The van der Waals surface area contributed by atoms with Crippen molar-refractivity contribution in [2.45, 2.75) is 19.4 Å². The first kappa shape index (κ1) is 17.0. The van der Waals surface area contributed by atoms with Crippen molar-refractivity contribution in [3.63, 3.8) is 0 Å². The van der Waals surface area contributed by atoms with Crippen molar-refractivity contribution in [3.05, 3.63) is 29.8 Å². The minimum absolute atomic E-state index is 0.0105. The van der Waals surface area contributed by atoms with Crippen LogP contribution in [0.15, 0.2) is 24.3 Å². The summed E-state index contributed by atoms with van der Waals surface area (Å²) < 4.78 is 5.37. The molecule has 2 saturated heterocycles. The van der Waals surface area contributed by atoms with E-state index in [2.05, 4.69) is 34.5 Å². The third-order valence-corrected chi connectivity index (χ3v) is 4.92. The van der Waals surface area contributed by atoms with Crippen LogP contribution in [-0.4, -0.2) is 62.0 Å². The van der Waals surface area contributed by atoms with Gasteiger partial charge < -0.3 is 25.0 Å². The van der Waals surface area contributed by atoms with Crippen molar-refractivity contribution in [1.82, 2.24) is 10.2 Å². The number of aliphatic hydroxyl groups excluding tert-OH is 1. The molecule has 2 heterocycles. The number of aliphatic hydroxyl groups is 1. The Morgan fingerprint density at radius 2 is 1.79 bits per heavy atom. The molecule has 24 heavy (non-hydrogen) atoms. The lowest BCUT2D eigenvalue weighted by molar-refractivity contribution is 0.122. The van der Waals surface area contributed by atoms with Gasteiger partial charge in [0.2, 0.25) is 0 Å². The third-order valence-electron chi connectivity index (χ3n) is 4.92. The first-order valence-corrected chi connectivity index (χ1v) is 8.81. The number of hydrogen-bond donors (Lipinski definition) is 2. The van der Waals surface area contributed by atoms with Crippen molar-refractivity contribution in [3.8, 4) is 0 Å². The molecule has 0 aromatic heterocycles. The molecule has 2 amide bonds. The lowest BCUT2D eigenvalue weighted by Gasteiger charge is -2.31. The smallest absolute Gasteiger partial charge is 0.317 e. The molecule has 2 aliphatic heterocycles. The van der Waals surface area contributed by atoms with E-state index in [1.54, 1.807) is 0 Å². The molecule has 6 nitrogen and oxygen atoms in total. The van der Waals surface area contributed by atoms with E-state index in [0.717, 1.165) is 57.8 Å². The molecular formula is C18H27N3O3. The number of morpholine rings is 1. The number of anilines is 1. The van der Waals surface area contributed by atoms with Crippen LogP contribution in [0.4, 0.5) is 10.5 Å². The van der Waals surface area contributed by atoms with E-state index in [0.29, 0.717) is 12.5 Å². The van der Waals surface area contributed by atoms with Crippen LogP contribution in [0.5, 0.6) is 0 Å². The number of carbonyl (C=O) groups excluding carboxylic acids is 1. The van der Waals surface area contributed by atoms with Gasteiger partial charge in [-0.05, 0) is 36.5 Å². The lowest BCUT2D eigenvalue weighted by atomic mass is 9.98. The van der Waals surface area contributed by atoms with E-state index in [4.69, 9.17) is 9.84 Å². The SMILES string of the molecule is O=C(NCc1ccc(N2CCOCC2)cc1)N1CCC(CO)CC1. The van der Waals surface area contributed by atoms with Gasteiger partial charge in [0.25, 0.3) is 0 Å². The van der Waals surface area contributed by atoms with Gasteiger partial charge in [-0.25, -0.2) is 4.79 Å². The number of amides is 2. The summed E-state index contributed by atoms with van der Waals surface area (Å²) in [5, 5.41) is 12.1. The van der Waals surface area contributed by atoms with Gasteiger partial charge in [-0.3, -0.25) is 0 Å². The number of carbonyl (C=O) groups is 1. The Morgan fingerprint density at radius 1 is 1.12 bits per heavy atom. The normalized spacial score (nSPS) is 19.4. The lowest BCUT2D eigenvalue weighted by Crippen LogP contribution is -2.44. The standard InChI is InChI=1S/C18H27N3O3/c22-14-16-5-7-21(8-6-16)18(23)19-13-15-1-3-17(4-2-15)20-9-11-24-12-10-20/h1-4,16,22H,5-14H2,(H,19,23). The highest BCUT2D eigenvalue weighted by molar-refractivity contribution is 5.74. The minimum Gasteiger partial charge on any atom is -0.396 e. The molecule has 3 rings (SSSR count). The maximum Gasteiger partial charge on any atom is 0.317 e. The molecule has 0 radical (unpaired) electrons. The van der Waals surface area contributed by atoms with Gasteiger partial charge in [0, 0.05) is 45.0 Å². The minimum atomic E-state index is -0.0105. The topological polar surface area (TPSA) is 65.0 Å². The molecule has 2 fully saturated rings. The number of ether oxygens (including phenoxy) is 1. The zero-order chi connectivity index (χ0) is 16.8. The molecule has 0 spiro atoms. The Balaban J connectivity index is 1.45. The summed E-state index contributed by atoms with van der Waals surface area (Å²) >= 11 is 0. The van der Waals surface area contributed by atoms with Crippen molar-refractivity contribution < 1.29 is 14.6 Å². The predicted molar refractivity (Wildman–Crippen MR) is 93.1 cm³/mol. The number of hydrogen-bond acceptors (Lipinski definition) is 4. The highest BCUT2D eigenvalue weighted by Crippen LogP contribution is 2.18. The highest BCUT2D eigenvalue weighted by atomic mass is 16.5. The number of urea groups is 1.